The Balaban J connectivity index is 1.72. The number of nitrogens with one attached hydrogen (secondary N) is 1. The third kappa shape index (κ3) is 2.96. The summed E-state index contributed by atoms with van der Waals surface area (Å²) in [6.07, 6.45) is 8.37. The molecule has 1 saturated heterocycles. The quantitative estimate of drug-likeness (QED) is 0.699. The van der Waals surface area contributed by atoms with Gasteiger partial charge in [0.05, 0.1) is 0 Å². The molecule has 0 aromatic carbocycles. The topological polar surface area (TPSA) is 15.3 Å². The van der Waals surface area contributed by atoms with Crippen molar-refractivity contribution < 1.29 is 0 Å². The lowest BCUT2D eigenvalue weighted by molar-refractivity contribution is 0.222. The zero-order chi connectivity index (χ0) is 9.80. The van der Waals surface area contributed by atoms with E-state index < -0.39 is 0 Å². The molecule has 1 unspecified atom stereocenters. The maximum atomic E-state index is 3.68. The molecular formula is C12H24N2. The lowest BCUT2D eigenvalue weighted by Gasteiger charge is -2.27. The van der Waals surface area contributed by atoms with Crippen molar-refractivity contribution in [3.05, 3.63) is 0 Å². The number of hydrogen-bond donors (Lipinski definition) is 1. The summed E-state index contributed by atoms with van der Waals surface area (Å²) < 4.78 is 0. The first-order chi connectivity index (χ1) is 6.90. The highest BCUT2D eigenvalue weighted by atomic mass is 15.2. The van der Waals surface area contributed by atoms with Gasteiger partial charge in [0.1, 0.15) is 0 Å². The highest BCUT2D eigenvalue weighted by Gasteiger charge is 2.25. The van der Waals surface area contributed by atoms with Gasteiger partial charge in [-0.3, -0.25) is 4.90 Å². The van der Waals surface area contributed by atoms with Crippen molar-refractivity contribution >= 4 is 0 Å². The highest BCUT2D eigenvalue weighted by Crippen LogP contribution is 2.20. The van der Waals surface area contributed by atoms with Crippen LogP contribution in [0.4, 0.5) is 0 Å². The van der Waals surface area contributed by atoms with Crippen molar-refractivity contribution in [1.29, 1.82) is 0 Å². The first-order valence-electron chi connectivity index (χ1n) is 6.37. The average Bonchev–Trinajstić information content (AvgIpc) is 2.86. The third-order valence-electron chi connectivity index (χ3n) is 3.50. The predicted octanol–water partition coefficient (Wildman–Crippen LogP) is 2.00. The number of rotatable bonds is 6. The van der Waals surface area contributed by atoms with Crippen LogP contribution in [0.3, 0.4) is 0 Å². The Morgan fingerprint density at radius 1 is 1.29 bits per heavy atom. The third-order valence-corrected chi connectivity index (χ3v) is 3.50. The van der Waals surface area contributed by atoms with E-state index in [1.165, 1.54) is 58.2 Å². The molecule has 1 saturated carbocycles. The Hall–Kier alpha value is -0.0800. The SMILES string of the molecule is CCCC(CNC1CC1)N1CCCC1. The molecule has 1 aliphatic carbocycles. The Bertz CT molecular complexity index is 160. The van der Waals surface area contributed by atoms with Gasteiger partial charge >= 0.3 is 0 Å². The molecule has 1 heterocycles. The van der Waals surface area contributed by atoms with E-state index in [9.17, 15) is 0 Å². The average molecular weight is 196 g/mol. The van der Waals surface area contributed by atoms with Crippen molar-refractivity contribution in [3.8, 4) is 0 Å². The zero-order valence-electron chi connectivity index (χ0n) is 9.47. The largest absolute Gasteiger partial charge is 0.312 e. The van der Waals surface area contributed by atoms with Crippen molar-refractivity contribution in [2.24, 2.45) is 0 Å². The lowest BCUT2D eigenvalue weighted by Crippen LogP contribution is -2.41. The molecule has 1 N–H and O–H groups in total. The molecule has 0 aromatic rings. The van der Waals surface area contributed by atoms with E-state index in [1.54, 1.807) is 0 Å². The van der Waals surface area contributed by atoms with Crippen LogP contribution in [-0.2, 0) is 0 Å². The van der Waals surface area contributed by atoms with Crippen LogP contribution >= 0.6 is 0 Å². The molecule has 1 aliphatic heterocycles. The van der Waals surface area contributed by atoms with Gasteiger partial charge in [-0.1, -0.05) is 13.3 Å². The summed E-state index contributed by atoms with van der Waals surface area (Å²) in [5.74, 6) is 0. The van der Waals surface area contributed by atoms with Gasteiger partial charge in [-0.25, -0.2) is 0 Å². The summed E-state index contributed by atoms with van der Waals surface area (Å²) >= 11 is 0. The van der Waals surface area contributed by atoms with Crippen molar-refractivity contribution in [2.45, 2.75) is 57.5 Å². The first kappa shape index (κ1) is 10.4. The van der Waals surface area contributed by atoms with Crippen LogP contribution in [0.5, 0.6) is 0 Å². The maximum absolute atomic E-state index is 3.68. The summed E-state index contributed by atoms with van der Waals surface area (Å²) in [5.41, 5.74) is 0. The van der Waals surface area contributed by atoms with E-state index in [0.717, 1.165) is 12.1 Å². The van der Waals surface area contributed by atoms with Crippen LogP contribution in [0.2, 0.25) is 0 Å². The number of likely N-dealkylation sites (tertiary alicyclic amines) is 1. The van der Waals surface area contributed by atoms with Gasteiger partial charge < -0.3 is 5.32 Å². The minimum Gasteiger partial charge on any atom is -0.312 e. The van der Waals surface area contributed by atoms with Crippen LogP contribution < -0.4 is 5.32 Å². The highest BCUT2D eigenvalue weighted by molar-refractivity contribution is 4.85. The van der Waals surface area contributed by atoms with Gasteiger partial charge in [-0.15, -0.1) is 0 Å². The Labute approximate surface area is 88.1 Å². The zero-order valence-corrected chi connectivity index (χ0v) is 9.47. The molecule has 2 nitrogen and oxygen atoms in total. The molecule has 2 aliphatic rings. The second-order valence-corrected chi connectivity index (χ2v) is 4.87. The van der Waals surface area contributed by atoms with Crippen LogP contribution in [0.25, 0.3) is 0 Å². The monoisotopic (exact) mass is 196 g/mol. The Kier molecular flexibility index (Phi) is 3.82. The maximum Gasteiger partial charge on any atom is 0.0220 e. The molecule has 2 fully saturated rings. The molecule has 0 amide bonds. The molecule has 14 heavy (non-hydrogen) atoms. The van der Waals surface area contributed by atoms with Gasteiger partial charge in [0, 0.05) is 18.6 Å². The molecule has 0 radical (unpaired) electrons. The van der Waals surface area contributed by atoms with Crippen LogP contribution in [-0.4, -0.2) is 36.6 Å². The number of hydrogen-bond acceptors (Lipinski definition) is 2. The van der Waals surface area contributed by atoms with E-state index in [4.69, 9.17) is 0 Å². The Morgan fingerprint density at radius 2 is 2.00 bits per heavy atom. The van der Waals surface area contributed by atoms with E-state index in [2.05, 4.69) is 17.1 Å². The summed E-state index contributed by atoms with van der Waals surface area (Å²) in [6.45, 7) is 6.23. The van der Waals surface area contributed by atoms with Gasteiger partial charge in [0.15, 0.2) is 0 Å². The fourth-order valence-electron chi connectivity index (χ4n) is 2.44. The Morgan fingerprint density at radius 3 is 2.57 bits per heavy atom. The van der Waals surface area contributed by atoms with E-state index in [0.29, 0.717) is 0 Å². The van der Waals surface area contributed by atoms with Crippen LogP contribution in [0.15, 0.2) is 0 Å². The van der Waals surface area contributed by atoms with Crippen LogP contribution in [0, 0.1) is 0 Å². The minimum atomic E-state index is 0.822. The second-order valence-electron chi connectivity index (χ2n) is 4.87. The normalized spacial score (nSPS) is 25.5. The van der Waals surface area contributed by atoms with Gasteiger partial charge in [0.25, 0.3) is 0 Å². The van der Waals surface area contributed by atoms with E-state index in [-0.39, 0.29) is 0 Å². The van der Waals surface area contributed by atoms with Gasteiger partial charge in [-0.2, -0.15) is 0 Å². The van der Waals surface area contributed by atoms with Gasteiger partial charge in [-0.05, 0) is 45.2 Å². The van der Waals surface area contributed by atoms with Crippen LogP contribution in [0.1, 0.15) is 45.4 Å². The minimum absolute atomic E-state index is 0.822. The second kappa shape index (κ2) is 5.13. The summed E-state index contributed by atoms with van der Waals surface area (Å²) in [5, 5.41) is 3.68. The smallest absolute Gasteiger partial charge is 0.0220 e. The van der Waals surface area contributed by atoms with E-state index >= 15 is 0 Å². The standard InChI is InChI=1S/C12H24N2/c1-2-5-12(10-13-11-6-7-11)14-8-3-4-9-14/h11-13H,2-10H2,1H3. The molecule has 82 valence electrons. The molecule has 0 spiro atoms. The predicted molar refractivity (Wildman–Crippen MR) is 60.5 cm³/mol. The lowest BCUT2D eigenvalue weighted by atomic mass is 10.1. The number of nitrogens with zero attached hydrogens (tertiary/aromatic N) is 1. The van der Waals surface area contributed by atoms with Crippen molar-refractivity contribution in [3.63, 3.8) is 0 Å². The molecular weight excluding hydrogens is 172 g/mol. The summed E-state index contributed by atoms with van der Waals surface area (Å²) in [4.78, 5) is 2.69. The fourth-order valence-corrected chi connectivity index (χ4v) is 2.44. The van der Waals surface area contributed by atoms with Crippen molar-refractivity contribution in [1.82, 2.24) is 10.2 Å². The van der Waals surface area contributed by atoms with Gasteiger partial charge in [0.2, 0.25) is 0 Å². The summed E-state index contributed by atoms with van der Waals surface area (Å²) in [6, 6.07) is 1.69. The van der Waals surface area contributed by atoms with Crippen molar-refractivity contribution in [2.75, 3.05) is 19.6 Å². The molecule has 0 aromatic heterocycles. The molecule has 2 heteroatoms. The molecule has 0 bridgehead atoms. The van der Waals surface area contributed by atoms with E-state index in [1.807, 2.05) is 0 Å². The molecule has 2 rings (SSSR count). The molecule has 1 atom stereocenters. The fraction of sp³-hybridized carbons (Fsp3) is 1.00. The summed E-state index contributed by atoms with van der Waals surface area (Å²) in [7, 11) is 0. The first-order valence-corrected chi connectivity index (χ1v) is 6.37.